The Morgan fingerprint density at radius 2 is 2.21 bits per heavy atom. The Labute approximate surface area is 87.6 Å². The predicted octanol–water partition coefficient (Wildman–Crippen LogP) is 2.54. The van der Waals surface area contributed by atoms with Gasteiger partial charge in [-0.2, -0.15) is 0 Å². The summed E-state index contributed by atoms with van der Waals surface area (Å²) in [6, 6.07) is 4.55. The molecule has 0 radical (unpaired) electrons. The summed E-state index contributed by atoms with van der Waals surface area (Å²) in [6.07, 6.45) is 0. The molecule has 0 bridgehead atoms. The van der Waals surface area contributed by atoms with Crippen LogP contribution in [0.5, 0.6) is 0 Å². The molecule has 0 aromatic heterocycles. The zero-order chi connectivity index (χ0) is 10.4. The van der Waals surface area contributed by atoms with Crippen molar-refractivity contribution in [3.63, 3.8) is 0 Å². The van der Waals surface area contributed by atoms with E-state index in [4.69, 9.17) is 10.5 Å². The molecule has 4 heteroatoms. The molecular formula is C10H14FNOS. The van der Waals surface area contributed by atoms with Crippen molar-refractivity contribution in [3.8, 4) is 0 Å². The summed E-state index contributed by atoms with van der Waals surface area (Å²) in [5, 5.41) is 0. The number of ether oxygens (including phenoxy) is 1. The lowest BCUT2D eigenvalue weighted by atomic mass is 10.3. The van der Waals surface area contributed by atoms with Crippen LogP contribution in [-0.4, -0.2) is 19.0 Å². The Kier molecular flexibility index (Phi) is 4.76. The van der Waals surface area contributed by atoms with Gasteiger partial charge in [0.15, 0.2) is 0 Å². The average Bonchev–Trinajstić information content (AvgIpc) is 2.11. The predicted molar refractivity (Wildman–Crippen MR) is 58.0 cm³/mol. The number of anilines is 1. The first kappa shape index (κ1) is 11.3. The standard InChI is InChI=1S/C10H14FNOS/c1-2-13-3-4-14-10-6-8(11)5-9(12)7-10/h5-7H,2-4,12H2,1H3. The second-order valence-corrected chi connectivity index (χ2v) is 3.93. The maximum absolute atomic E-state index is 12.9. The highest BCUT2D eigenvalue weighted by atomic mass is 32.2. The fourth-order valence-electron chi connectivity index (χ4n) is 1.03. The molecule has 0 unspecified atom stereocenters. The Hall–Kier alpha value is -0.740. The van der Waals surface area contributed by atoms with E-state index in [1.807, 2.05) is 6.92 Å². The van der Waals surface area contributed by atoms with E-state index in [0.717, 1.165) is 10.6 Å². The summed E-state index contributed by atoms with van der Waals surface area (Å²) in [7, 11) is 0. The van der Waals surface area contributed by atoms with Gasteiger partial charge >= 0.3 is 0 Å². The van der Waals surface area contributed by atoms with Crippen LogP contribution >= 0.6 is 11.8 Å². The molecule has 0 saturated carbocycles. The first-order valence-corrected chi connectivity index (χ1v) is 5.47. The third kappa shape index (κ3) is 3.98. The van der Waals surface area contributed by atoms with Crippen molar-refractivity contribution in [2.45, 2.75) is 11.8 Å². The van der Waals surface area contributed by atoms with E-state index in [2.05, 4.69) is 0 Å². The van der Waals surface area contributed by atoms with Gasteiger partial charge in [-0.05, 0) is 25.1 Å². The first-order valence-electron chi connectivity index (χ1n) is 4.49. The van der Waals surface area contributed by atoms with E-state index in [1.54, 1.807) is 17.8 Å². The molecule has 14 heavy (non-hydrogen) atoms. The lowest BCUT2D eigenvalue weighted by Gasteiger charge is -2.03. The highest BCUT2D eigenvalue weighted by molar-refractivity contribution is 7.99. The van der Waals surface area contributed by atoms with Crippen LogP contribution < -0.4 is 5.73 Å². The van der Waals surface area contributed by atoms with Gasteiger partial charge in [0.05, 0.1) is 6.61 Å². The summed E-state index contributed by atoms with van der Waals surface area (Å²) in [5.41, 5.74) is 5.97. The van der Waals surface area contributed by atoms with E-state index in [9.17, 15) is 4.39 Å². The number of hydrogen-bond acceptors (Lipinski definition) is 3. The van der Waals surface area contributed by atoms with Gasteiger partial charge in [0.25, 0.3) is 0 Å². The Morgan fingerprint density at radius 3 is 2.86 bits per heavy atom. The number of hydrogen-bond donors (Lipinski definition) is 1. The zero-order valence-electron chi connectivity index (χ0n) is 8.13. The van der Waals surface area contributed by atoms with Gasteiger partial charge in [-0.15, -0.1) is 11.8 Å². The van der Waals surface area contributed by atoms with Crippen molar-refractivity contribution in [1.29, 1.82) is 0 Å². The van der Waals surface area contributed by atoms with Crippen molar-refractivity contribution >= 4 is 17.4 Å². The van der Waals surface area contributed by atoms with Gasteiger partial charge in [0.2, 0.25) is 0 Å². The smallest absolute Gasteiger partial charge is 0.126 e. The molecular weight excluding hydrogens is 201 g/mol. The monoisotopic (exact) mass is 215 g/mol. The first-order chi connectivity index (χ1) is 6.72. The molecule has 0 amide bonds. The SMILES string of the molecule is CCOCCSc1cc(N)cc(F)c1. The largest absolute Gasteiger partial charge is 0.399 e. The third-order valence-electron chi connectivity index (χ3n) is 1.59. The Morgan fingerprint density at radius 1 is 1.43 bits per heavy atom. The van der Waals surface area contributed by atoms with Crippen LogP contribution in [0.4, 0.5) is 10.1 Å². The number of thioether (sulfide) groups is 1. The van der Waals surface area contributed by atoms with Gasteiger partial charge < -0.3 is 10.5 Å². The Bertz CT molecular complexity index is 273. The molecule has 78 valence electrons. The summed E-state index contributed by atoms with van der Waals surface area (Å²) >= 11 is 1.54. The van der Waals surface area contributed by atoms with Crippen molar-refractivity contribution in [2.24, 2.45) is 0 Å². The summed E-state index contributed by atoms with van der Waals surface area (Å²) < 4.78 is 18.0. The molecule has 0 spiro atoms. The summed E-state index contributed by atoms with van der Waals surface area (Å²) in [4.78, 5) is 0.849. The second-order valence-electron chi connectivity index (χ2n) is 2.77. The molecule has 1 rings (SSSR count). The van der Waals surface area contributed by atoms with Gasteiger partial charge in [-0.1, -0.05) is 0 Å². The number of benzene rings is 1. The fraction of sp³-hybridized carbons (Fsp3) is 0.400. The van der Waals surface area contributed by atoms with E-state index in [0.29, 0.717) is 18.9 Å². The van der Waals surface area contributed by atoms with Gasteiger partial charge in [-0.25, -0.2) is 4.39 Å². The molecule has 0 fully saturated rings. The van der Waals surface area contributed by atoms with Crippen molar-refractivity contribution < 1.29 is 9.13 Å². The molecule has 2 N–H and O–H groups in total. The maximum atomic E-state index is 12.9. The highest BCUT2D eigenvalue weighted by Gasteiger charge is 1.98. The van der Waals surface area contributed by atoms with Gasteiger partial charge in [0.1, 0.15) is 5.82 Å². The number of halogens is 1. The van der Waals surface area contributed by atoms with Crippen LogP contribution in [0.1, 0.15) is 6.92 Å². The fourth-order valence-corrected chi connectivity index (χ4v) is 1.88. The topological polar surface area (TPSA) is 35.2 Å². The number of nitrogens with two attached hydrogens (primary N) is 1. The minimum atomic E-state index is -0.288. The quantitative estimate of drug-likeness (QED) is 0.466. The molecule has 0 aliphatic heterocycles. The molecule has 1 aromatic carbocycles. The van der Waals surface area contributed by atoms with E-state index in [1.165, 1.54) is 12.1 Å². The molecule has 0 saturated heterocycles. The third-order valence-corrected chi connectivity index (χ3v) is 2.53. The van der Waals surface area contributed by atoms with Gasteiger partial charge in [-0.3, -0.25) is 0 Å². The summed E-state index contributed by atoms with van der Waals surface area (Å²) in [5.74, 6) is 0.528. The molecule has 0 aliphatic rings. The van der Waals surface area contributed by atoms with Crippen LogP contribution in [0.3, 0.4) is 0 Å². The zero-order valence-corrected chi connectivity index (χ0v) is 8.94. The van der Waals surface area contributed by atoms with E-state index in [-0.39, 0.29) is 5.82 Å². The van der Waals surface area contributed by atoms with Crippen LogP contribution in [0.2, 0.25) is 0 Å². The normalized spacial score (nSPS) is 10.4. The van der Waals surface area contributed by atoms with Crippen LogP contribution in [-0.2, 0) is 4.74 Å². The average molecular weight is 215 g/mol. The second kappa shape index (κ2) is 5.88. The van der Waals surface area contributed by atoms with Crippen molar-refractivity contribution in [3.05, 3.63) is 24.0 Å². The van der Waals surface area contributed by atoms with Gasteiger partial charge in [0, 0.05) is 22.9 Å². The number of nitrogen functional groups attached to an aromatic ring is 1. The van der Waals surface area contributed by atoms with Crippen LogP contribution in [0.25, 0.3) is 0 Å². The van der Waals surface area contributed by atoms with Crippen LogP contribution in [0, 0.1) is 5.82 Å². The van der Waals surface area contributed by atoms with E-state index < -0.39 is 0 Å². The number of rotatable bonds is 5. The lowest BCUT2D eigenvalue weighted by molar-refractivity contribution is 0.164. The molecule has 1 aromatic rings. The highest BCUT2D eigenvalue weighted by Crippen LogP contribution is 2.21. The molecule has 0 aliphatic carbocycles. The molecule has 0 atom stereocenters. The maximum Gasteiger partial charge on any atom is 0.126 e. The Balaban J connectivity index is 2.42. The minimum Gasteiger partial charge on any atom is -0.399 e. The molecule has 0 heterocycles. The van der Waals surface area contributed by atoms with Crippen molar-refractivity contribution in [1.82, 2.24) is 0 Å². The summed E-state index contributed by atoms with van der Waals surface area (Å²) in [6.45, 7) is 3.34. The molecule has 2 nitrogen and oxygen atoms in total. The van der Waals surface area contributed by atoms with Crippen molar-refractivity contribution in [2.75, 3.05) is 24.7 Å². The lowest BCUT2D eigenvalue weighted by Crippen LogP contribution is -1.96. The van der Waals surface area contributed by atoms with E-state index >= 15 is 0 Å². The van der Waals surface area contributed by atoms with Crippen LogP contribution in [0.15, 0.2) is 23.1 Å². The minimum absolute atomic E-state index is 0.288.